The second-order valence-electron chi connectivity index (χ2n) is 8.92. The quantitative estimate of drug-likeness (QED) is 0.372. The normalized spacial score (nSPS) is 13.7. The Morgan fingerprint density at radius 1 is 1.03 bits per heavy atom. The fourth-order valence-corrected chi connectivity index (χ4v) is 4.55. The number of carbonyl (C=O) groups is 1. The van der Waals surface area contributed by atoms with Gasteiger partial charge >= 0.3 is 0 Å². The molecule has 4 aromatic heterocycles. The number of morpholine rings is 1. The van der Waals surface area contributed by atoms with Crippen molar-refractivity contribution in [2.45, 2.75) is 6.42 Å². The molecule has 1 fully saturated rings. The van der Waals surface area contributed by atoms with Gasteiger partial charge in [0, 0.05) is 55.2 Å². The highest BCUT2D eigenvalue weighted by Gasteiger charge is 2.18. The number of fused-ring (bicyclic) bond motifs is 1. The molecule has 1 aromatic carbocycles. The summed E-state index contributed by atoms with van der Waals surface area (Å²) in [6.45, 7) is 3.01. The molecule has 5 aromatic rings. The highest BCUT2D eigenvalue weighted by atomic mass is 16.5. The number of nitrogens with zero attached hydrogens (tertiary/aromatic N) is 6. The van der Waals surface area contributed by atoms with Crippen LogP contribution in [0.5, 0.6) is 0 Å². The first-order chi connectivity index (χ1) is 18.1. The van der Waals surface area contributed by atoms with Crippen LogP contribution in [0.15, 0.2) is 67.3 Å². The summed E-state index contributed by atoms with van der Waals surface area (Å²) in [5.41, 5.74) is 6.08. The fourth-order valence-electron chi connectivity index (χ4n) is 4.55. The van der Waals surface area contributed by atoms with Crippen molar-refractivity contribution in [2.75, 3.05) is 36.5 Å². The van der Waals surface area contributed by atoms with E-state index in [1.54, 1.807) is 23.4 Å². The maximum atomic E-state index is 12.7. The van der Waals surface area contributed by atoms with E-state index in [2.05, 4.69) is 41.3 Å². The van der Waals surface area contributed by atoms with Gasteiger partial charge in [-0.05, 0) is 42.0 Å². The average molecular weight is 495 g/mol. The van der Waals surface area contributed by atoms with Gasteiger partial charge < -0.3 is 19.9 Å². The number of carbonyl (C=O) groups excluding carboxylic acids is 1. The van der Waals surface area contributed by atoms with E-state index >= 15 is 0 Å². The van der Waals surface area contributed by atoms with Crippen molar-refractivity contribution in [3.8, 4) is 22.5 Å². The molecular formula is C27H26N8O2. The first-order valence-electron chi connectivity index (χ1n) is 12.1. The maximum Gasteiger partial charge on any atom is 0.230 e. The second kappa shape index (κ2) is 9.82. The van der Waals surface area contributed by atoms with Gasteiger partial charge in [-0.3, -0.25) is 14.5 Å². The Kier molecular flexibility index (Phi) is 6.07. The monoisotopic (exact) mass is 494 g/mol. The van der Waals surface area contributed by atoms with E-state index < -0.39 is 0 Å². The molecule has 10 nitrogen and oxygen atoms in total. The molecule has 2 N–H and O–H groups in total. The van der Waals surface area contributed by atoms with Gasteiger partial charge in [-0.2, -0.15) is 5.10 Å². The summed E-state index contributed by atoms with van der Waals surface area (Å²) in [4.78, 5) is 31.4. The first-order valence-corrected chi connectivity index (χ1v) is 12.1. The van der Waals surface area contributed by atoms with Crippen molar-refractivity contribution in [2.24, 2.45) is 7.05 Å². The predicted molar refractivity (Wildman–Crippen MR) is 141 cm³/mol. The summed E-state index contributed by atoms with van der Waals surface area (Å²) >= 11 is 0. The Morgan fingerprint density at radius 3 is 2.59 bits per heavy atom. The summed E-state index contributed by atoms with van der Waals surface area (Å²) < 4.78 is 7.21. The topological polar surface area (TPSA) is 114 Å². The molecule has 1 aliphatic rings. The van der Waals surface area contributed by atoms with Crippen molar-refractivity contribution in [3.05, 3.63) is 72.9 Å². The molecule has 0 spiro atoms. The molecule has 5 heterocycles. The molecule has 0 unspecified atom stereocenters. The second-order valence-corrected chi connectivity index (χ2v) is 8.92. The van der Waals surface area contributed by atoms with Gasteiger partial charge in [-0.1, -0.05) is 12.1 Å². The summed E-state index contributed by atoms with van der Waals surface area (Å²) in [5.74, 6) is 0.815. The summed E-state index contributed by atoms with van der Waals surface area (Å²) in [5, 5.41) is 8.49. The molecule has 0 radical (unpaired) electrons. The Morgan fingerprint density at radius 2 is 1.81 bits per heavy atom. The van der Waals surface area contributed by atoms with Crippen LogP contribution in [0.1, 0.15) is 5.69 Å². The van der Waals surface area contributed by atoms with Gasteiger partial charge in [0.25, 0.3) is 0 Å². The lowest BCUT2D eigenvalue weighted by atomic mass is 10.1. The van der Waals surface area contributed by atoms with Crippen LogP contribution in [0, 0.1) is 0 Å². The predicted octanol–water partition coefficient (Wildman–Crippen LogP) is 3.44. The number of aryl methyl sites for hydroxylation is 1. The van der Waals surface area contributed by atoms with Gasteiger partial charge in [-0.25, -0.2) is 9.97 Å². The van der Waals surface area contributed by atoms with E-state index in [1.807, 2.05) is 49.5 Å². The summed E-state index contributed by atoms with van der Waals surface area (Å²) in [7, 11) is 1.84. The van der Waals surface area contributed by atoms with E-state index in [0.717, 1.165) is 63.8 Å². The molecule has 1 saturated heterocycles. The number of pyridine rings is 1. The number of aromatic amines is 1. The molecular weight excluding hydrogens is 468 g/mol. The number of hydrogen-bond acceptors (Lipinski definition) is 7. The highest BCUT2D eigenvalue weighted by molar-refractivity contribution is 5.94. The summed E-state index contributed by atoms with van der Waals surface area (Å²) in [6.07, 6.45) is 5.27. The number of aromatic nitrogens is 6. The third-order valence-corrected chi connectivity index (χ3v) is 6.49. The van der Waals surface area contributed by atoms with Crippen LogP contribution in [-0.4, -0.2) is 61.9 Å². The molecule has 0 bridgehead atoms. The minimum Gasteiger partial charge on any atom is -0.378 e. The number of amides is 1. The number of H-pyrrole nitrogens is 1. The number of rotatable bonds is 6. The lowest BCUT2D eigenvalue weighted by Gasteiger charge is -2.27. The number of nitrogens with one attached hydrogen (secondary N) is 2. The fraction of sp³-hybridized carbons (Fsp3) is 0.222. The van der Waals surface area contributed by atoms with Crippen LogP contribution in [0.3, 0.4) is 0 Å². The van der Waals surface area contributed by atoms with Crippen molar-refractivity contribution >= 4 is 28.4 Å². The number of hydrogen-bond donors (Lipinski definition) is 2. The van der Waals surface area contributed by atoms with Crippen LogP contribution < -0.4 is 10.2 Å². The van der Waals surface area contributed by atoms with Crippen LogP contribution in [0.2, 0.25) is 0 Å². The van der Waals surface area contributed by atoms with E-state index in [1.165, 1.54) is 0 Å². The van der Waals surface area contributed by atoms with Crippen molar-refractivity contribution in [1.82, 2.24) is 29.7 Å². The Hall–Kier alpha value is -4.57. The number of ether oxygens (including phenoxy) is 1. The van der Waals surface area contributed by atoms with E-state index in [-0.39, 0.29) is 12.3 Å². The third-order valence-electron chi connectivity index (χ3n) is 6.49. The lowest BCUT2D eigenvalue weighted by Crippen LogP contribution is -2.36. The highest BCUT2D eigenvalue weighted by Crippen LogP contribution is 2.29. The number of anilines is 2. The van der Waals surface area contributed by atoms with Crippen molar-refractivity contribution < 1.29 is 9.53 Å². The molecule has 186 valence electrons. The maximum absolute atomic E-state index is 12.7. The average Bonchev–Trinajstić information content (AvgIpc) is 3.53. The van der Waals surface area contributed by atoms with E-state index in [0.29, 0.717) is 13.2 Å². The van der Waals surface area contributed by atoms with Gasteiger partial charge in [0.2, 0.25) is 5.91 Å². The first kappa shape index (κ1) is 22.9. The lowest BCUT2D eigenvalue weighted by molar-refractivity contribution is -0.115. The van der Waals surface area contributed by atoms with E-state index in [9.17, 15) is 4.79 Å². The zero-order valence-electron chi connectivity index (χ0n) is 20.4. The van der Waals surface area contributed by atoms with Gasteiger partial charge in [0.05, 0.1) is 30.7 Å². The molecule has 0 saturated carbocycles. The Balaban J connectivity index is 1.15. The Labute approximate surface area is 213 Å². The van der Waals surface area contributed by atoms with Gasteiger partial charge in [-0.15, -0.1) is 0 Å². The minimum atomic E-state index is -0.104. The van der Waals surface area contributed by atoms with Crippen molar-refractivity contribution in [3.63, 3.8) is 0 Å². The van der Waals surface area contributed by atoms with Gasteiger partial charge in [0.15, 0.2) is 0 Å². The SMILES string of the molecule is Cn1nc(-c2ccncc2)cc1CC(=O)Nc1ccc(-c2cc3c(N4CCOCC4)ncnc3[nH]2)cc1. The number of benzene rings is 1. The molecule has 37 heavy (non-hydrogen) atoms. The third kappa shape index (κ3) is 4.78. The standard InChI is InChI=1S/C27H26N8O2/c1-34-21(14-24(33-34)19-6-8-28-9-7-19)15-25(36)31-20-4-2-18(3-5-20)23-16-22-26(32-23)29-17-30-27(22)35-10-12-37-13-11-35/h2-9,14,16-17H,10-13,15H2,1H3,(H,31,36)(H,29,30,32). The molecule has 10 heteroatoms. The van der Waals surface area contributed by atoms with Crippen molar-refractivity contribution in [1.29, 1.82) is 0 Å². The van der Waals surface area contributed by atoms with Crippen LogP contribution >= 0.6 is 0 Å². The minimum absolute atomic E-state index is 0.104. The molecule has 0 aliphatic carbocycles. The zero-order valence-corrected chi connectivity index (χ0v) is 20.4. The molecule has 6 rings (SSSR count). The van der Waals surface area contributed by atoms with Crippen LogP contribution in [0.25, 0.3) is 33.5 Å². The zero-order chi connectivity index (χ0) is 25.2. The largest absolute Gasteiger partial charge is 0.378 e. The molecule has 1 amide bonds. The van der Waals surface area contributed by atoms with Crippen LogP contribution in [-0.2, 0) is 23.0 Å². The van der Waals surface area contributed by atoms with E-state index in [4.69, 9.17) is 4.74 Å². The van der Waals surface area contributed by atoms with Gasteiger partial charge in [0.1, 0.15) is 17.8 Å². The molecule has 1 aliphatic heterocycles. The summed E-state index contributed by atoms with van der Waals surface area (Å²) in [6, 6.07) is 15.6. The van der Waals surface area contributed by atoms with Crippen LogP contribution in [0.4, 0.5) is 11.5 Å². The smallest absolute Gasteiger partial charge is 0.230 e. The Bertz CT molecular complexity index is 1540. The molecule has 0 atom stereocenters.